The lowest BCUT2D eigenvalue weighted by Gasteiger charge is -2.15. The summed E-state index contributed by atoms with van der Waals surface area (Å²) in [6.45, 7) is 3.83. The second kappa shape index (κ2) is 9.23. The third-order valence-electron chi connectivity index (χ3n) is 2.95. The number of benzene rings is 1. The SMILES string of the molecule is CCCOc1ccc(CNC)c(OCCC(=O)N(C)C)c1. The molecule has 0 saturated carbocycles. The van der Waals surface area contributed by atoms with Crippen molar-refractivity contribution < 1.29 is 14.3 Å². The van der Waals surface area contributed by atoms with Gasteiger partial charge in [-0.25, -0.2) is 0 Å². The molecule has 0 aliphatic heterocycles. The van der Waals surface area contributed by atoms with Crippen molar-refractivity contribution in [2.45, 2.75) is 26.3 Å². The number of amides is 1. The van der Waals surface area contributed by atoms with E-state index in [0.29, 0.717) is 26.2 Å². The second-order valence-electron chi connectivity index (χ2n) is 5.03. The van der Waals surface area contributed by atoms with E-state index in [1.165, 1.54) is 0 Å². The van der Waals surface area contributed by atoms with E-state index >= 15 is 0 Å². The summed E-state index contributed by atoms with van der Waals surface area (Å²) >= 11 is 0. The third kappa shape index (κ3) is 6.04. The summed E-state index contributed by atoms with van der Waals surface area (Å²) in [6, 6.07) is 5.83. The average Bonchev–Trinajstić information content (AvgIpc) is 2.47. The molecule has 1 aromatic carbocycles. The molecule has 1 rings (SSSR count). The molecule has 0 saturated heterocycles. The van der Waals surface area contributed by atoms with Gasteiger partial charge in [0.1, 0.15) is 11.5 Å². The highest BCUT2D eigenvalue weighted by Crippen LogP contribution is 2.25. The predicted octanol–water partition coefficient (Wildman–Crippen LogP) is 2.05. The molecule has 0 spiro atoms. The van der Waals surface area contributed by atoms with Gasteiger partial charge in [0.15, 0.2) is 0 Å². The summed E-state index contributed by atoms with van der Waals surface area (Å²) in [4.78, 5) is 13.1. The Balaban J connectivity index is 2.68. The molecule has 0 unspecified atom stereocenters. The van der Waals surface area contributed by atoms with Crippen molar-refractivity contribution in [1.82, 2.24) is 10.2 Å². The van der Waals surface area contributed by atoms with Gasteiger partial charge in [0.05, 0.1) is 19.6 Å². The highest BCUT2D eigenvalue weighted by Gasteiger charge is 2.08. The van der Waals surface area contributed by atoms with Crippen LogP contribution >= 0.6 is 0 Å². The first kappa shape index (κ1) is 17.3. The number of hydrogen-bond donors (Lipinski definition) is 1. The molecule has 0 aliphatic carbocycles. The van der Waals surface area contributed by atoms with E-state index in [9.17, 15) is 4.79 Å². The van der Waals surface area contributed by atoms with E-state index in [0.717, 1.165) is 23.5 Å². The Morgan fingerprint density at radius 2 is 2.00 bits per heavy atom. The van der Waals surface area contributed by atoms with Crippen molar-refractivity contribution in [2.24, 2.45) is 0 Å². The van der Waals surface area contributed by atoms with Crippen LogP contribution in [0.2, 0.25) is 0 Å². The molecule has 0 radical (unpaired) electrons. The number of carbonyl (C=O) groups excluding carboxylic acids is 1. The maximum atomic E-state index is 11.6. The fraction of sp³-hybridized carbons (Fsp3) is 0.562. The average molecular weight is 294 g/mol. The Bertz CT molecular complexity index is 447. The van der Waals surface area contributed by atoms with Crippen LogP contribution in [0.25, 0.3) is 0 Å². The Hall–Kier alpha value is -1.75. The fourth-order valence-corrected chi connectivity index (χ4v) is 1.79. The number of hydrogen-bond acceptors (Lipinski definition) is 4. The molecule has 118 valence electrons. The highest BCUT2D eigenvalue weighted by molar-refractivity contribution is 5.75. The molecule has 0 aliphatic rings. The molecule has 0 fully saturated rings. The van der Waals surface area contributed by atoms with E-state index in [1.54, 1.807) is 19.0 Å². The molecule has 21 heavy (non-hydrogen) atoms. The van der Waals surface area contributed by atoms with E-state index < -0.39 is 0 Å². The van der Waals surface area contributed by atoms with Crippen LogP contribution in [0.15, 0.2) is 18.2 Å². The van der Waals surface area contributed by atoms with Gasteiger partial charge in [-0.05, 0) is 19.5 Å². The zero-order valence-electron chi connectivity index (χ0n) is 13.4. The number of nitrogens with one attached hydrogen (secondary N) is 1. The first-order valence-electron chi connectivity index (χ1n) is 7.31. The number of ether oxygens (including phenoxy) is 2. The van der Waals surface area contributed by atoms with Crippen LogP contribution in [0.1, 0.15) is 25.3 Å². The van der Waals surface area contributed by atoms with Crippen molar-refractivity contribution in [1.29, 1.82) is 0 Å². The minimum Gasteiger partial charge on any atom is -0.493 e. The largest absolute Gasteiger partial charge is 0.493 e. The molecular weight excluding hydrogens is 268 g/mol. The monoisotopic (exact) mass is 294 g/mol. The molecule has 0 heterocycles. The van der Waals surface area contributed by atoms with Crippen LogP contribution in [-0.4, -0.2) is 45.2 Å². The third-order valence-corrected chi connectivity index (χ3v) is 2.95. The van der Waals surface area contributed by atoms with Crippen LogP contribution in [0.3, 0.4) is 0 Å². The molecular formula is C16H26N2O3. The molecule has 0 atom stereocenters. The zero-order chi connectivity index (χ0) is 15.7. The van der Waals surface area contributed by atoms with Gasteiger partial charge in [-0.2, -0.15) is 0 Å². The van der Waals surface area contributed by atoms with E-state index in [4.69, 9.17) is 9.47 Å². The van der Waals surface area contributed by atoms with Gasteiger partial charge in [0.25, 0.3) is 0 Å². The Kier molecular flexibility index (Phi) is 7.61. The summed E-state index contributed by atoms with van der Waals surface area (Å²) in [5.74, 6) is 1.62. The molecule has 0 aromatic heterocycles. The van der Waals surface area contributed by atoms with E-state index in [-0.39, 0.29) is 5.91 Å². The molecule has 1 amide bonds. The van der Waals surface area contributed by atoms with Gasteiger partial charge < -0.3 is 19.7 Å². The quantitative estimate of drug-likeness (QED) is 0.757. The van der Waals surface area contributed by atoms with E-state index in [1.807, 2.05) is 25.2 Å². The first-order chi connectivity index (χ1) is 10.1. The van der Waals surface area contributed by atoms with Crippen molar-refractivity contribution >= 4 is 5.91 Å². The van der Waals surface area contributed by atoms with Crippen molar-refractivity contribution in [3.63, 3.8) is 0 Å². The molecule has 5 nitrogen and oxygen atoms in total. The maximum Gasteiger partial charge on any atom is 0.225 e. The molecule has 1 N–H and O–H groups in total. The second-order valence-corrected chi connectivity index (χ2v) is 5.03. The fourth-order valence-electron chi connectivity index (χ4n) is 1.79. The normalized spacial score (nSPS) is 10.3. The maximum absolute atomic E-state index is 11.6. The molecule has 0 bridgehead atoms. The summed E-state index contributed by atoms with van der Waals surface area (Å²) in [6.07, 6.45) is 1.33. The van der Waals surface area contributed by atoms with Crippen LogP contribution in [-0.2, 0) is 11.3 Å². The van der Waals surface area contributed by atoms with Crippen molar-refractivity contribution in [3.8, 4) is 11.5 Å². The smallest absolute Gasteiger partial charge is 0.225 e. The lowest BCUT2D eigenvalue weighted by atomic mass is 10.2. The first-order valence-corrected chi connectivity index (χ1v) is 7.31. The lowest BCUT2D eigenvalue weighted by Crippen LogP contribution is -2.23. The van der Waals surface area contributed by atoms with Crippen molar-refractivity contribution in [3.05, 3.63) is 23.8 Å². The van der Waals surface area contributed by atoms with Crippen LogP contribution in [0.4, 0.5) is 0 Å². The standard InChI is InChI=1S/C16H26N2O3/c1-5-9-20-14-7-6-13(12-17-2)15(11-14)21-10-8-16(19)18(3)4/h6-7,11,17H,5,8-10,12H2,1-4H3. The number of rotatable bonds is 9. The summed E-state index contributed by atoms with van der Waals surface area (Å²) in [7, 11) is 5.38. The van der Waals surface area contributed by atoms with Crippen LogP contribution < -0.4 is 14.8 Å². The van der Waals surface area contributed by atoms with Gasteiger partial charge in [-0.1, -0.05) is 13.0 Å². The van der Waals surface area contributed by atoms with Gasteiger partial charge in [0, 0.05) is 32.3 Å². The van der Waals surface area contributed by atoms with Crippen LogP contribution in [0.5, 0.6) is 11.5 Å². The number of carbonyl (C=O) groups is 1. The van der Waals surface area contributed by atoms with Crippen LogP contribution in [0, 0.1) is 0 Å². The summed E-state index contributed by atoms with van der Waals surface area (Å²) in [5, 5.41) is 3.11. The Morgan fingerprint density at radius 3 is 2.62 bits per heavy atom. The lowest BCUT2D eigenvalue weighted by molar-refractivity contribution is -0.129. The molecule has 5 heteroatoms. The predicted molar refractivity (Wildman–Crippen MR) is 83.8 cm³/mol. The van der Waals surface area contributed by atoms with E-state index in [2.05, 4.69) is 12.2 Å². The molecule has 1 aromatic rings. The highest BCUT2D eigenvalue weighted by atomic mass is 16.5. The minimum atomic E-state index is 0.0588. The zero-order valence-corrected chi connectivity index (χ0v) is 13.4. The Morgan fingerprint density at radius 1 is 1.24 bits per heavy atom. The van der Waals surface area contributed by atoms with Gasteiger partial charge >= 0.3 is 0 Å². The minimum absolute atomic E-state index is 0.0588. The topological polar surface area (TPSA) is 50.8 Å². The Labute approximate surface area is 127 Å². The summed E-state index contributed by atoms with van der Waals surface area (Å²) in [5.41, 5.74) is 1.05. The summed E-state index contributed by atoms with van der Waals surface area (Å²) < 4.78 is 11.4. The van der Waals surface area contributed by atoms with Gasteiger partial charge in [0.2, 0.25) is 5.91 Å². The number of nitrogens with zero attached hydrogens (tertiary/aromatic N) is 1. The van der Waals surface area contributed by atoms with Gasteiger partial charge in [-0.15, -0.1) is 0 Å². The van der Waals surface area contributed by atoms with Gasteiger partial charge in [-0.3, -0.25) is 4.79 Å². The van der Waals surface area contributed by atoms with Crippen molar-refractivity contribution in [2.75, 3.05) is 34.4 Å².